The number of nitrogens with zero attached hydrogens (tertiary/aromatic N) is 1. The normalized spacial score (nSPS) is 11.9. The van der Waals surface area contributed by atoms with Crippen LogP contribution in [0.5, 0.6) is 0 Å². The molecule has 0 aromatic heterocycles. The first-order valence-electron chi connectivity index (χ1n) is 5.66. The predicted molar refractivity (Wildman–Crippen MR) is 67.8 cm³/mol. The Balaban J connectivity index is 2.90. The van der Waals surface area contributed by atoms with E-state index < -0.39 is 17.9 Å². The van der Waals surface area contributed by atoms with Crippen molar-refractivity contribution in [2.45, 2.75) is 13.8 Å². The highest BCUT2D eigenvalue weighted by atomic mass is 16.4. The van der Waals surface area contributed by atoms with Gasteiger partial charge in [-0.05, 0) is 24.6 Å². The first kappa shape index (κ1) is 14.0. The van der Waals surface area contributed by atoms with Crippen molar-refractivity contribution >= 4 is 17.6 Å². The van der Waals surface area contributed by atoms with Crippen molar-refractivity contribution in [1.29, 1.82) is 0 Å². The average Bonchev–Trinajstić information content (AvgIpc) is 2.27. The molecule has 0 saturated heterocycles. The second-order valence-corrected chi connectivity index (χ2v) is 4.35. The smallest absolute Gasteiger partial charge is 0.323 e. The largest absolute Gasteiger partial charge is 0.481 e. The van der Waals surface area contributed by atoms with Crippen LogP contribution in [0.25, 0.3) is 0 Å². The second-order valence-electron chi connectivity index (χ2n) is 4.35. The van der Waals surface area contributed by atoms with Crippen LogP contribution in [-0.2, 0) is 9.59 Å². The van der Waals surface area contributed by atoms with Gasteiger partial charge < -0.3 is 15.1 Å². The van der Waals surface area contributed by atoms with E-state index >= 15 is 0 Å². The van der Waals surface area contributed by atoms with E-state index in [2.05, 4.69) is 0 Å². The lowest BCUT2D eigenvalue weighted by molar-refractivity contribution is -0.141. The molecule has 18 heavy (non-hydrogen) atoms. The minimum atomic E-state index is -0.978. The Hall–Kier alpha value is -2.04. The van der Waals surface area contributed by atoms with Gasteiger partial charge in [-0.25, -0.2) is 0 Å². The monoisotopic (exact) mass is 251 g/mol. The van der Waals surface area contributed by atoms with Crippen LogP contribution in [0.2, 0.25) is 0 Å². The molecule has 0 spiro atoms. The fourth-order valence-corrected chi connectivity index (χ4v) is 1.66. The molecule has 98 valence electrons. The highest BCUT2D eigenvalue weighted by Crippen LogP contribution is 2.17. The Labute approximate surface area is 106 Å². The van der Waals surface area contributed by atoms with Crippen LogP contribution in [0.4, 0.5) is 5.69 Å². The zero-order valence-corrected chi connectivity index (χ0v) is 10.5. The third-order valence-corrected chi connectivity index (χ3v) is 2.61. The number of carboxylic acids is 2. The number of carboxylic acid groups (broad SMARTS) is 2. The quantitative estimate of drug-likeness (QED) is 0.803. The van der Waals surface area contributed by atoms with Crippen molar-refractivity contribution < 1.29 is 19.8 Å². The topological polar surface area (TPSA) is 77.8 Å². The predicted octanol–water partition coefficient (Wildman–Crippen LogP) is 1.61. The van der Waals surface area contributed by atoms with E-state index in [9.17, 15) is 9.59 Å². The van der Waals surface area contributed by atoms with Crippen LogP contribution >= 0.6 is 0 Å². The summed E-state index contributed by atoms with van der Waals surface area (Å²) in [5.41, 5.74) is 1.73. The number of anilines is 1. The molecule has 1 rings (SSSR count). The standard InChI is InChI=1S/C13H17NO4/c1-9-4-3-5-11(6-9)14(8-12(15)16)7-10(2)13(17)18/h3-6,10H,7-8H2,1-2H3,(H,15,16)(H,17,18). The lowest BCUT2D eigenvalue weighted by atomic mass is 10.1. The Kier molecular flexibility index (Phi) is 4.71. The number of hydrogen-bond acceptors (Lipinski definition) is 3. The number of hydrogen-bond donors (Lipinski definition) is 2. The van der Waals surface area contributed by atoms with Gasteiger partial charge in [-0.1, -0.05) is 19.1 Å². The van der Waals surface area contributed by atoms with Gasteiger partial charge in [0.05, 0.1) is 5.92 Å². The molecule has 2 N–H and O–H groups in total. The number of rotatable bonds is 6. The first-order valence-corrected chi connectivity index (χ1v) is 5.66. The van der Waals surface area contributed by atoms with Gasteiger partial charge in [0.25, 0.3) is 0 Å². The molecule has 1 atom stereocenters. The van der Waals surface area contributed by atoms with E-state index in [1.807, 2.05) is 25.1 Å². The van der Waals surface area contributed by atoms with Crippen LogP contribution < -0.4 is 4.90 Å². The minimum Gasteiger partial charge on any atom is -0.481 e. The summed E-state index contributed by atoms with van der Waals surface area (Å²) >= 11 is 0. The Morgan fingerprint density at radius 2 is 2.00 bits per heavy atom. The number of aryl methyl sites for hydroxylation is 1. The van der Waals surface area contributed by atoms with Gasteiger partial charge in [-0.2, -0.15) is 0 Å². The van der Waals surface area contributed by atoms with E-state index in [-0.39, 0.29) is 13.1 Å². The first-order chi connectivity index (χ1) is 8.40. The van der Waals surface area contributed by atoms with Crippen molar-refractivity contribution in [3.63, 3.8) is 0 Å². The third-order valence-electron chi connectivity index (χ3n) is 2.61. The lowest BCUT2D eigenvalue weighted by Gasteiger charge is -2.25. The zero-order valence-electron chi connectivity index (χ0n) is 10.5. The highest BCUT2D eigenvalue weighted by molar-refractivity contribution is 5.75. The van der Waals surface area contributed by atoms with E-state index in [0.717, 1.165) is 11.3 Å². The number of aliphatic carboxylic acids is 2. The zero-order chi connectivity index (χ0) is 13.7. The molecule has 1 unspecified atom stereocenters. The van der Waals surface area contributed by atoms with Crippen molar-refractivity contribution in [3.8, 4) is 0 Å². The fourth-order valence-electron chi connectivity index (χ4n) is 1.66. The maximum absolute atomic E-state index is 10.8. The van der Waals surface area contributed by atoms with Crippen LogP contribution in [0.15, 0.2) is 24.3 Å². The van der Waals surface area contributed by atoms with Gasteiger partial charge in [0.2, 0.25) is 0 Å². The van der Waals surface area contributed by atoms with Crippen LogP contribution in [0, 0.1) is 12.8 Å². The molecule has 0 saturated carbocycles. The number of carbonyl (C=O) groups is 2. The summed E-state index contributed by atoms with van der Waals surface area (Å²) in [5, 5.41) is 17.8. The molecule has 5 heteroatoms. The fraction of sp³-hybridized carbons (Fsp3) is 0.385. The summed E-state index contributed by atoms with van der Waals surface area (Å²) in [7, 11) is 0. The Bertz CT molecular complexity index is 444. The van der Waals surface area contributed by atoms with Gasteiger partial charge in [-0.15, -0.1) is 0 Å². The van der Waals surface area contributed by atoms with E-state index in [0.29, 0.717) is 0 Å². The van der Waals surface area contributed by atoms with E-state index in [4.69, 9.17) is 10.2 Å². The molecule has 5 nitrogen and oxygen atoms in total. The van der Waals surface area contributed by atoms with Gasteiger partial charge in [0.15, 0.2) is 0 Å². The average molecular weight is 251 g/mol. The maximum Gasteiger partial charge on any atom is 0.323 e. The molecular weight excluding hydrogens is 234 g/mol. The van der Waals surface area contributed by atoms with Crippen LogP contribution in [-0.4, -0.2) is 35.2 Å². The molecular formula is C13H17NO4. The maximum atomic E-state index is 10.8. The lowest BCUT2D eigenvalue weighted by Crippen LogP contribution is -2.35. The highest BCUT2D eigenvalue weighted by Gasteiger charge is 2.18. The molecule has 0 aliphatic rings. The van der Waals surface area contributed by atoms with Crippen molar-refractivity contribution in [1.82, 2.24) is 0 Å². The molecule has 0 radical (unpaired) electrons. The van der Waals surface area contributed by atoms with Gasteiger partial charge in [-0.3, -0.25) is 9.59 Å². The van der Waals surface area contributed by atoms with E-state index in [1.54, 1.807) is 17.9 Å². The summed E-state index contributed by atoms with van der Waals surface area (Å²) in [4.78, 5) is 23.2. The van der Waals surface area contributed by atoms with Crippen molar-refractivity contribution in [3.05, 3.63) is 29.8 Å². The summed E-state index contributed by atoms with van der Waals surface area (Å²) < 4.78 is 0. The molecule has 0 amide bonds. The SMILES string of the molecule is Cc1cccc(N(CC(=O)O)CC(C)C(=O)O)c1. The summed E-state index contributed by atoms with van der Waals surface area (Å²) in [6, 6.07) is 7.36. The molecule has 0 heterocycles. The van der Waals surface area contributed by atoms with Crippen molar-refractivity contribution in [2.75, 3.05) is 18.0 Å². The molecule has 0 fully saturated rings. The Morgan fingerprint density at radius 1 is 1.33 bits per heavy atom. The molecule has 0 aliphatic heterocycles. The molecule has 0 bridgehead atoms. The molecule has 1 aromatic carbocycles. The van der Waals surface area contributed by atoms with Gasteiger partial charge in [0, 0.05) is 12.2 Å². The van der Waals surface area contributed by atoms with Gasteiger partial charge >= 0.3 is 11.9 Å². The summed E-state index contributed by atoms with van der Waals surface area (Å²) in [5.74, 6) is -2.53. The second kappa shape index (κ2) is 6.05. The minimum absolute atomic E-state index is 0.172. The molecule has 1 aromatic rings. The summed E-state index contributed by atoms with van der Waals surface area (Å²) in [6.07, 6.45) is 0. The summed E-state index contributed by atoms with van der Waals surface area (Å²) in [6.45, 7) is 3.43. The van der Waals surface area contributed by atoms with Crippen LogP contribution in [0.3, 0.4) is 0 Å². The van der Waals surface area contributed by atoms with E-state index in [1.165, 1.54) is 0 Å². The van der Waals surface area contributed by atoms with Gasteiger partial charge in [0.1, 0.15) is 6.54 Å². The Morgan fingerprint density at radius 3 is 2.50 bits per heavy atom. The van der Waals surface area contributed by atoms with Crippen LogP contribution in [0.1, 0.15) is 12.5 Å². The third kappa shape index (κ3) is 4.08. The van der Waals surface area contributed by atoms with Crippen molar-refractivity contribution in [2.24, 2.45) is 5.92 Å². The molecule has 0 aliphatic carbocycles. The number of benzene rings is 1.